The van der Waals surface area contributed by atoms with Crippen LogP contribution in [0.5, 0.6) is 0 Å². The first kappa shape index (κ1) is 51.3. The van der Waals surface area contributed by atoms with Crippen molar-refractivity contribution in [1.82, 2.24) is 4.90 Å². The Hall–Kier alpha value is -4.01. The molecule has 0 aliphatic carbocycles. The molecular formula is C49H71NO11. The summed E-state index contributed by atoms with van der Waals surface area (Å²) >= 11 is 0. The second-order valence-electron chi connectivity index (χ2n) is 16.0. The zero-order valence-corrected chi connectivity index (χ0v) is 37.6. The Labute approximate surface area is 364 Å². The lowest BCUT2D eigenvalue weighted by atomic mass is 9.86. The van der Waals surface area contributed by atoms with Crippen LogP contribution in [0.3, 0.4) is 0 Å². The number of methoxy groups -OCH3 is 1. The summed E-state index contributed by atoms with van der Waals surface area (Å²) in [5.74, 6) is -0.747. The van der Waals surface area contributed by atoms with Gasteiger partial charge in [-0.05, 0) is 83.6 Å². The van der Waals surface area contributed by atoms with Crippen molar-refractivity contribution in [1.29, 1.82) is 0 Å². The lowest BCUT2D eigenvalue weighted by Crippen LogP contribution is -2.37. The van der Waals surface area contributed by atoms with Crippen molar-refractivity contribution in [3.8, 4) is 0 Å². The van der Waals surface area contributed by atoms with Gasteiger partial charge in [-0.25, -0.2) is 0 Å². The van der Waals surface area contributed by atoms with E-state index in [2.05, 4.69) is 62.4 Å². The lowest BCUT2D eigenvalue weighted by Gasteiger charge is -2.24. The highest BCUT2D eigenvalue weighted by molar-refractivity contribution is 6.00. The fraction of sp³-hybridized carbons (Fsp3) is 0.571. The van der Waals surface area contributed by atoms with Crippen LogP contribution >= 0.6 is 0 Å². The summed E-state index contributed by atoms with van der Waals surface area (Å²) in [4.78, 5) is 42.0. The van der Waals surface area contributed by atoms with Gasteiger partial charge < -0.3 is 42.8 Å². The van der Waals surface area contributed by atoms with Crippen LogP contribution in [0.1, 0.15) is 83.0 Å². The zero-order chi connectivity index (χ0) is 44.1. The van der Waals surface area contributed by atoms with Crippen molar-refractivity contribution < 1.29 is 52.3 Å². The largest absolute Gasteiger partial charge is 0.460 e. The van der Waals surface area contributed by atoms with Gasteiger partial charge in [-0.3, -0.25) is 14.4 Å². The number of hydrogen-bond donors (Lipinski definition) is 0. The molecule has 0 radical (unpaired) electrons. The molecule has 0 aliphatic heterocycles. The van der Waals surface area contributed by atoms with Crippen molar-refractivity contribution in [2.75, 3.05) is 106 Å². The Kier molecular flexibility index (Phi) is 25.3. The number of benzene rings is 3. The van der Waals surface area contributed by atoms with Crippen LogP contribution in [0, 0.1) is 19.8 Å². The summed E-state index contributed by atoms with van der Waals surface area (Å²) in [6.07, 6.45) is 3.10. The van der Waals surface area contributed by atoms with E-state index >= 15 is 0 Å². The van der Waals surface area contributed by atoms with E-state index in [-0.39, 0.29) is 49.7 Å². The first-order chi connectivity index (χ1) is 29.4. The molecule has 3 aromatic rings. The number of esters is 1. The maximum Gasteiger partial charge on any atom is 0.308 e. The van der Waals surface area contributed by atoms with E-state index in [1.54, 1.807) is 36.3 Å². The van der Waals surface area contributed by atoms with Crippen molar-refractivity contribution in [3.63, 3.8) is 0 Å². The quantitative estimate of drug-likeness (QED) is 0.0348. The number of nitrogens with zero attached hydrogens (tertiary/aromatic N) is 1. The molecular weight excluding hydrogens is 779 g/mol. The summed E-state index contributed by atoms with van der Waals surface area (Å²) in [5.41, 5.74) is 5.20. The molecule has 3 rings (SSSR count). The van der Waals surface area contributed by atoms with Crippen LogP contribution in [0.4, 0.5) is 0 Å². The standard InChI is InChI=1S/C49H71NO11/c1-39-7-11-41(12-8-39)15-17-43(18-16-42-13-9-40(2)10-14-42)47(52)44-19-21-45(22-20-44)48(53)50(24-23-46(51)61-49(3,4)5)25-26-55-29-30-57-33-34-59-37-38-60-36-35-58-32-31-56-28-27-54-6/h7-14,19-22,43H,15-18,23-38H2,1-6H3. The number of carbonyl (C=O) groups is 3. The average molecular weight is 850 g/mol. The molecule has 0 fully saturated rings. The van der Waals surface area contributed by atoms with Gasteiger partial charge in [0.2, 0.25) is 0 Å². The molecule has 3 aromatic carbocycles. The first-order valence-electron chi connectivity index (χ1n) is 21.7. The van der Waals surface area contributed by atoms with Gasteiger partial charge in [0.05, 0.1) is 92.3 Å². The Bertz CT molecular complexity index is 1590. The molecule has 0 unspecified atom stereocenters. The molecule has 0 saturated carbocycles. The summed E-state index contributed by atoms with van der Waals surface area (Å²) in [6, 6.07) is 23.8. The molecule has 0 atom stereocenters. The van der Waals surface area contributed by atoms with Gasteiger partial charge in [-0.15, -0.1) is 0 Å². The highest BCUT2D eigenvalue weighted by Crippen LogP contribution is 2.23. The molecule has 0 aliphatic rings. The maximum absolute atomic E-state index is 14.0. The predicted octanol–water partition coefficient (Wildman–Crippen LogP) is 7.29. The van der Waals surface area contributed by atoms with Crippen LogP contribution in [-0.2, 0) is 55.5 Å². The molecule has 0 spiro atoms. The first-order valence-corrected chi connectivity index (χ1v) is 21.7. The monoisotopic (exact) mass is 850 g/mol. The SMILES string of the molecule is COCCOCCOCCOCCOCCOCCOCCN(CCC(=O)OC(C)(C)C)C(=O)c1ccc(C(=O)C(CCc2ccc(C)cc2)CCc2ccc(C)cc2)cc1. The number of rotatable bonds is 33. The highest BCUT2D eigenvalue weighted by Gasteiger charge is 2.23. The Morgan fingerprint density at radius 1 is 0.525 bits per heavy atom. The van der Waals surface area contributed by atoms with E-state index in [1.807, 2.05) is 20.8 Å². The smallest absolute Gasteiger partial charge is 0.308 e. The molecule has 0 bridgehead atoms. The molecule has 0 N–H and O–H groups in total. The molecule has 0 saturated heterocycles. The Balaban J connectivity index is 1.45. The van der Waals surface area contributed by atoms with E-state index in [0.29, 0.717) is 90.4 Å². The summed E-state index contributed by atoms with van der Waals surface area (Å²) in [5, 5.41) is 0. The highest BCUT2D eigenvalue weighted by atomic mass is 16.6. The summed E-state index contributed by atoms with van der Waals surface area (Å²) < 4.78 is 43.7. The van der Waals surface area contributed by atoms with E-state index in [1.165, 1.54) is 22.3 Å². The number of Topliss-reactive ketones (excluding diaryl/α,β-unsaturated/α-hetero) is 1. The van der Waals surface area contributed by atoms with Crippen LogP contribution in [-0.4, -0.2) is 134 Å². The number of hydrogen-bond acceptors (Lipinski definition) is 11. The summed E-state index contributed by atoms with van der Waals surface area (Å²) in [6.45, 7) is 15.9. The summed E-state index contributed by atoms with van der Waals surface area (Å²) in [7, 11) is 1.64. The van der Waals surface area contributed by atoms with Gasteiger partial charge >= 0.3 is 5.97 Å². The molecule has 61 heavy (non-hydrogen) atoms. The number of ether oxygens (including phenoxy) is 8. The topological polar surface area (TPSA) is 128 Å². The molecule has 1 amide bonds. The third-order valence-corrected chi connectivity index (χ3v) is 9.68. The second kappa shape index (κ2) is 30.1. The third-order valence-electron chi connectivity index (χ3n) is 9.68. The minimum atomic E-state index is -0.635. The predicted molar refractivity (Wildman–Crippen MR) is 236 cm³/mol. The average Bonchev–Trinajstić information content (AvgIpc) is 3.24. The zero-order valence-electron chi connectivity index (χ0n) is 37.6. The molecule has 12 heteroatoms. The van der Waals surface area contributed by atoms with Crippen LogP contribution in [0.25, 0.3) is 0 Å². The Morgan fingerprint density at radius 3 is 1.33 bits per heavy atom. The molecule has 0 aromatic heterocycles. The number of ketones is 1. The van der Waals surface area contributed by atoms with E-state index < -0.39 is 5.60 Å². The van der Waals surface area contributed by atoms with Crippen LogP contribution in [0.2, 0.25) is 0 Å². The van der Waals surface area contributed by atoms with Gasteiger partial charge in [0.25, 0.3) is 5.91 Å². The van der Waals surface area contributed by atoms with Crippen molar-refractivity contribution in [2.45, 2.75) is 72.3 Å². The van der Waals surface area contributed by atoms with Gasteiger partial charge in [0.1, 0.15) is 5.60 Å². The Morgan fingerprint density at radius 2 is 0.918 bits per heavy atom. The van der Waals surface area contributed by atoms with Gasteiger partial charge in [0, 0.05) is 37.2 Å². The van der Waals surface area contributed by atoms with Gasteiger partial charge in [0.15, 0.2) is 5.78 Å². The second-order valence-corrected chi connectivity index (χ2v) is 16.0. The fourth-order valence-corrected chi connectivity index (χ4v) is 6.25. The molecule has 12 nitrogen and oxygen atoms in total. The number of aryl methyl sites for hydroxylation is 4. The number of carbonyl (C=O) groups excluding carboxylic acids is 3. The van der Waals surface area contributed by atoms with E-state index in [0.717, 1.165) is 25.7 Å². The van der Waals surface area contributed by atoms with Crippen LogP contribution in [0.15, 0.2) is 72.8 Å². The van der Waals surface area contributed by atoms with Gasteiger partial charge in [-0.2, -0.15) is 0 Å². The van der Waals surface area contributed by atoms with Crippen molar-refractivity contribution >= 4 is 17.7 Å². The van der Waals surface area contributed by atoms with E-state index in [9.17, 15) is 14.4 Å². The molecule has 0 heterocycles. The maximum atomic E-state index is 14.0. The van der Waals surface area contributed by atoms with Crippen molar-refractivity contribution in [3.05, 3.63) is 106 Å². The van der Waals surface area contributed by atoms with Gasteiger partial charge in [-0.1, -0.05) is 71.8 Å². The minimum absolute atomic E-state index is 0.0380. The number of amides is 1. The normalized spacial score (nSPS) is 11.6. The third kappa shape index (κ3) is 23.1. The van der Waals surface area contributed by atoms with Crippen LogP contribution < -0.4 is 0 Å². The fourth-order valence-electron chi connectivity index (χ4n) is 6.25. The van der Waals surface area contributed by atoms with E-state index in [4.69, 9.17) is 37.9 Å². The van der Waals surface area contributed by atoms with Crippen molar-refractivity contribution in [2.24, 2.45) is 5.92 Å². The minimum Gasteiger partial charge on any atom is -0.460 e. The lowest BCUT2D eigenvalue weighted by molar-refractivity contribution is -0.155. The molecule has 338 valence electrons.